The summed E-state index contributed by atoms with van der Waals surface area (Å²) >= 11 is 0. The summed E-state index contributed by atoms with van der Waals surface area (Å²) in [5.41, 5.74) is 4.30. The summed E-state index contributed by atoms with van der Waals surface area (Å²) in [6, 6.07) is 2.48. The van der Waals surface area contributed by atoms with Crippen molar-refractivity contribution in [2.75, 3.05) is 20.6 Å². The Morgan fingerprint density at radius 3 is 3.00 bits per heavy atom. The van der Waals surface area contributed by atoms with Crippen molar-refractivity contribution in [3.8, 4) is 0 Å². The summed E-state index contributed by atoms with van der Waals surface area (Å²) in [4.78, 5) is 21.2. The van der Waals surface area contributed by atoms with Crippen LogP contribution in [0.1, 0.15) is 35.8 Å². The number of hydrogen-bond acceptors (Lipinski definition) is 4. The SMILES string of the molecule is Cc1cc2ncc3c(n2n1)C[C@H]1CC[C@H]3N1C(=O)CN(C)C. The van der Waals surface area contributed by atoms with Crippen LogP contribution in [0.15, 0.2) is 12.3 Å². The molecule has 1 saturated heterocycles. The van der Waals surface area contributed by atoms with E-state index in [4.69, 9.17) is 0 Å². The topological polar surface area (TPSA) is 53.7 Å². The molecule has 22 heavy (non-hydrogen) atoms. The second-order valence-corrected chi connectivity index (χ2v) is 6.71. The van der Waals surface area contributed by atoms with E-state index >= 15 is 0 Å². The number of fused-ring (bicyclic) bond motifs is 6. The molecule has 4 rings (SSSR count). The Balaban J connectivity index is 1.77. The molecule has 116 valence electrons. The van der Waals surface area contributed by atoms with E-state index in [9.17, 15) is 4.79 Å². The van der Waals surface area contributed by atoms with Crippen LogP contribution in [0.5, 0.6) is 0 Å². The van der Waals surface area contributed by atoms with E-state index in [2.05, 4.69) is 15.0 Å². The number of carbonyl (C=O) groups is 1. The third-order valence-electron chi connectivity index (χ3n) is 4.77. The Morgan fingerprint density at radius 2 is 2.23 bits per heavy atom. The van der Waals surface area contributed by atoms with Gasteiger partial charge in [0.25, 0.3) is 0 Å². The van der Waals surface area contributed by atoms with E-state index < -0.39 is 0 Å². The van der Waals surface area contributed by atoms with Crippen molar-refractivity contribution in [3.05, 3.63) is 29.2 Å². The van der Waals surface area contributed by atoms with Crippen molar-refractivity contribution < 1.29 is 4.79 Å². The molecule has 0 N–H and O–H groups in total. The predicted molar refractivity (Wildman–Crippen MR) is 82.6 cm³/mol. The summed E-state index contributed by atoms with van der Waals surface area (Å²) in [5.74, 6) is 0.222. The van der Waals surface area contributed by atoms with Crippen LogP contribution >= 0.6 is 0 Å². The zero-order valence-electron chi connectivity index (χ0n) is 13.3. The highest BCUT2D eigenvalue weighted by Crippen LogP contribution is 2.43. The molecule has 0 aromatic carbocycles. The number of rotatable bonds is 2. The Kier molecular flexibility index (Phi) is 2.97. The molecule has 6 heteroatoms. The summed E-state index contributed by atoms with van der Waals surface area (Å²) in [6.07, 6.45) is 4.93. The van der Waals surface area contributed by atoms with Crippen molar-refractivity contribution in [1.82, 2.24) is 24.4 Å². The molecule has 0 radical (unpaired) electrons. The van der Waals surface area contributed by atoms with Crippen LogP contribution in [0.3, 0.4) is 0 Å². The van der Waals surface area contributed by atoms with Crippen LogP contribution < -0.4 is 0 Å². The highest BCUT2D eigenvalue weighted by atomic mass is 16.2. The first-order valence-electron chi connectivity index (χ1n) is 7.84. The Morgan fingerprint density at radius 1 is 1.41 bits per heavy atom. The van der Waals surface area contributed by atoms with Gasteiger partial charge in [0.2, 0.25) is 5.91 Å². The van der Waals surface area contributed by atoms with Crippen LogP contribution in [0.25, 0.3) is 5.65 Å². The maximum Gasteiger partial charge on any atom is 0.237 e. The van der Waals surface area contributed by atoms with Gasteiger partial charge >= 0.3 is 0 Å². The molecular formula is C16H21N5O. The summed E-state index contributed by atoms with van der Waals surface area (Å²) in [7, 11) is 3.88. The number of carbonyl (C=O) groups excluding carboxylic acids is 1. The monoisotopic (exact) mass is 299 g/mol. The number of hydrogen-bond donors (Lipinski definition) is 0. The lowest BCUT2D eigenvalue weighted by Gasteiger charge is -2.36. The largest absolute Gasteiger partial charge is 0.331 e. The van der Waals surface area contributed by atoms with Gasteiger partial charge in [-0.25, -0.2) is 9.50 Å². The van der Waals surface area contributed by atoms with Gasteiger partial charge in [0.1, 0.15) is 0 Å². The summed E-state index contributed by atoms with van der Waals surface area (Å²) < 4.78 is 1.98. The smallest absolute Gasteiger partial charge is 0.237 e. The van der Waals surface area contributed by atoms with E-state index in [0.717, 1.165) is 30.6 Å². The minimum absolute atomic E-state index is 0.169. The van der Waals surface area contributed by atoms with Gasteiger partial charge in [-0.05, 0) is 33.9 Å². The summed E-state index contributed by atoms with van der Waals surface area (Å²) in [6.45, 7) is 2.46. The van der Waals surface area contributed by atoms with Gasteiger partial charge in [-0.3, -0.25) is 4.79 Å². The molecule has 2 aliphatic heterocycles. The van der Waals surface area contributed by atoms with Crippen molar-refractivity contribution in [2.24, 2.45) is 0 Å². The molecule has 1 amide bonds. The first-order chi connectivity index (χ1) is 10.5. The second-order valence-electron chi connectivity index (χ2n) is 6.71. The second kappa shape index (κ2) is 4.78. The summed E-state index contributed by atoms with van der Waals surface area (Å²) in [5, 5.41) is 4.58. The van der Waals surface area contributed by atoms with E-state index in [0.29, 0.717) is 12.6 Å². The number of likely N-dealkylation sites (N-methyl/N-ethyl adjacent to an activating group) is 1. The van der Waals surface area contributed by atoms with Crippen molar-refractivity contribution in [1.29, 1.82) is 0 Å². The Bertz CT molecular complexity index is 750. The number of aromatic nitrogens is 3. The van der Waals surface area contributed by atoms with E-state index in [1.165, 1.54) is 11.3 Å². The van der Waals surface area contributed by atoms with Crippen LogP contribution in [0, 0.1) is 6.92 Å². The zero-order chi connectivity index (χ0) is 15.4. The van der Waals surface area contributed by atoms with E-state index in [-0.39, 0.29) is 11.9 Å². The number of nitrogens with zero attached hydrogens (tertiary/aromatic N) is 5. The number of aryl methyl sites for hydroxylation is 1. The minimum Gasteiger partial charge on any atom is -0.331 e. The third kappa shape index (κ3) is 1.94. The lowest BCUT2D eigenvalue weighted by molar-refractivity contribution is -0.135. The van der Waals surface area contributed by atoms with Crippen LogP contribution in [-0.2, 0) is 11.2 Å². The molecule has 6 nitrogen and oxygen atoms in total. The standard InChI is InChI=1S/C16H21N5O/c1-10-6-15-17-8-12-13-5-4-11(7-14(12)21(15)18-10)20(13)16(22)9-19(2)3/h6,8,11,13H,4-5,7,9H2,1-3H3/t11-,13-/m1/s1. The molecule has 2 bridgehead atoms. The average molecular weight is 299 g/mol. The predicted octanol–water partition coefficient (Wildman–Crippen LogP) is 1.19. The molecule has 2 aromatic rings. The Hall–Kier alpha value is -1.95. The van der Waals surface area contributed by atoms with Gasteiger partial charge in [0.15, 0.2) is 5.65 Å². The fourth-order valence-electron chi connectivity index (χ4n) is 3.93. The van der Waals surface area contributed by atoms with E-state index in [1.54, 1.807) is 0 Å². The molecule has 2 aromatic heterocycles. The lowest BCUT2D eigenvalue weighted by Crippen LogP contribution is -2.46. The van der Waals surface area contributed by atoms with Crippen molar-refractivity contribution in [3.63, 3.8) is 0 Å². The first kappa shape index (κ1) is 13.7. The molecule has 1 fully saturated rings. The Labute approximate surface area is 129 Å². The molecule has 2 aliphatic rings. The van der Waals surface area contributed by atoms with E-state index in [1.807, 2.05) is 42.7 Å². The molecular weight excluding hydrogens is 278 g/mol. The average Bonchev–Trinajstić information content (AvgIpc) is 2.97. The molecule has 0 aliphatic carbocycles. The van der Waals surface area contributed by atoms with Crippen LogP contribution in [0.4, 0.5) is 0 Å². The highest BCUT2D eigenvalue weighted by molar-refractivity contribution is 5.80. The fourth-order valence-corrected chi connectivity index (χ4v) is 3.93. The van der Waals surface area contributed by atoms with Gasteiger partial charge < -0.3 is 9.80 Å². The molecule has 0 unspecified atom stereocenters. The number of amides is 1. The zero-order valence-corrected chi connectivity index (χ0v) is 13.3. The van der Waals surface area contributed by atoms with Gasteiger partial charge in [0, 0.05) is 30.3 Å². The third-order valence-corrected chi connectivity index (χ3v) is 4.77. The van der Waals surface area contributed by atoms with Gasteiger partial charge in [-0.15, -0.1) is 0 Å². The molecule has 0 spiro atoms. The van der Waals surface area contributed by atoms with Gasteiger partial charge in [0.05, 0.1) is 24.0 Å². The molecule has 4 heterocycles. The lowest BCUT2D eigenvalue weighted by atomic mass is 9.99. The van der Waals surface area contributed by atoms with Gasteiger partial charge in [-0.1, -0.05) is 0 Å². The van der Waals surface area contributed by atoms with Gasteiger partial charge in [-0.2, -0.15) is 5.10 Å². The quantitative estimate of drug-likeness (QED) is 0.836. The maximum atomic E-state index is 12.6. The fraction of sp³-hybridized carbons (Fsp3) is 0.562. The maximum absolute atomic E-state index is 12.6. The van der Waals surface area contributed by atoms with Crippen LogP contribution in [-0.4, -0.2) is 57.0 Å². The van der Waals surface area contributed by atoms with Crippen LogP contribution in [0.2, 0.25) is 0 Å². The highest BCUT2D eigenvalue weighted by Gasteiger charge is 2.43. The normalized spacial score (nSPS) is 23.4. The van der Waals surface area contributed by atoms with Crippen molar-refractivity contribution in [2.45, 2.75) is 38.3 Å². The molecule has 2 atom stereocenters. The van der Waals surface area contributed by atoms with Crippen molar-refractivity contribution >= 4 is 11.6 Å². The first-order valence-corrected chi connectivity index (χ1v) is 7.84. The molecule has 0 saturated carbocycles. The minimum atomic E-state index is 0.169.